The Morgan fingerprint density at radius 2 is 1.97 bits per heavy atom. The first-order chi connectivity index (χ1) is 14.5. The van der Waals surface area contributed by atoms with Crippen molar-refractivity contribution in [3.63, 3.8) is 0 Å². The van der Waals surface area contributed by atoms with Gasteiger partial charge in [0.2, 0.25) is 10.0 Å². The number of amides is 1. The smallest absolute Gasteiger partial charge is 0.271 e. The highest BCUT2D eigenvalue weighted by Gasteiger charge is 2.22. The molecule has 0 aliphatic carbocycles. The average Bonchev–Trinajstić information content (AvgIpc) is 3.24. The third kappa shape index (κ3) is 5.25. The van der Waals surface area contributed by atoms with Gasteiger partial charge in [-0.25, -0.2) is 13.8 Å². The summed E-state index contributed by atoms with van der Waals surface area (Å²) in [6.45, 7) is 7.46. The first-order valence-corrected chi connectivity index (χ1v) is 12.1. The molecule has 30 heavy (non-hydrogen) atoms. The van der Waals surface area contributed by atoms with Gasteiger partial charge in [0.15, 0.2) is 0 Å². The van der Waals surface area contributed by atoms with Crippen molar-refractivity contribution >= 4 is 38.5 Å². The van der Waals surface area contributed by atoms with Crippen LogP contribution in [0.3, 0.4) is 0 Å². The maximum Gasteiger partial charge on any atom is 0.271 e. The SMILES string of the molecule is CCN(CC)S(=O)(=O)c1cccc(C(=O)N/N=C\c2ccc(N3CCOCC3)s2)c1. The van der Waals surface area contributed by atoms with Crippen molar-refractivity contribution in [1.82, 2.24) is 9.73 Å². The van der Waals surface area contributed by atoms with Crippen molar-refractivity contribution in [1.29, 1.82) is 0 Å². The van der Waals surface area contributed by atoms with Crippen LogP contribution >= 0.6 is 11.3 Å². The number of anilines is 1. The van der Waals surface area contributed by atoms with Gasteiger partial charge in [-0.15, -0.1) is 11.3 Å². The monoisotopic (exact) mass is 450 g/mol. The third-order valence-electron chi connectivity index (χ3n) is 4.73. The molecule has 8 nitrogen and oxygen atoms in total. The van der Waals surface area contributed by atoms with Crippen LogP contribution in [0.15, 0.2) is 46.4 Å². The number of ether oxygens (including phenoxy) is 1. The van der Waals surface area contributed by atoms with E-state index in [0.29, 0.717) is 13.1 Å². The Bertz CT molecular complexity index is 994. The average molecular weight is 451 g/mol. The zero-order valence-corrected chi connectivity index (χ0v) is 18.7. The molecule has 2 aromatic rings. The molecule has 1 aliphatic rings. The molecule has 0 spiro atoms. The number of benzene rings is 1. The summed E-state index contributed by atoms with van der Waals surface area (Å²) in [5.41, 5.74) is 2.70. The standard InChI is InChI=1S/C20H26N4O4S2/c1-3-24(4-2)30(26,27)18-7-5-6-16(14-18)20(25)22-21-15-17-8-9-19(29-17)23-10-12-28-13-11-23/h5-9,14-15H,3-4,10-13H2,1-2H3,(H,22,25)/b21-15-. The van der Waals surface area contributed by atoms with Gasteiger partial charge in [0, 0.05) is 36.6 Å². The number of hydrogen-bond donors (Lipinski definition) is 1. The molecule has 1 N–H and O–H groups in total. The van der Waals surface area contributed by atoms with Crippen molar-refractivity contribution in [2.75, 3.05) is 44.3 Å². The Hall–Kier alpha value is -2.27. The summed E-state index contributed by atoms with van der Waals surface area (Å²) in [4.78, 5) is 15.7. The summed E-state index contributed by atoms with van der Waals surface area (Å²) >= 11 is 1.59. The van der Waals surface area contributed by atoms with Gasteiger partial charge in [0.25, 0.3) is 5.91 Å². The molecule has 0 radical (unpaired) electrons. The lowest BCUT2D eigenvalue weighted by molar-refractivity contribution is 0.0955. The highest BCUT2D eigenvalue weighted by atomic mass is 32.2. The molecule has 0 atom stereocenters. The van der Waals surface area contributed by atoms with Gasteiger partial charge in [-0.2, -0.15) is 9.41 Å². The number of hydrazone groups is 1. The molecule has 0 bridgehead atoms. The maximum atomic E-state index is 12.7. The Kier molecular flexibility index (Phi) is 7.59. The zero-order valence-electron chi connectivity index (χ0n) is 17.1. The molecule has 0 saturated carbocycles. The van der Waals surface area contributed by atoms with E-state index in [1.54, 1.807) is 43.5 Å². The number of thiophene rings is 1. The van der Waals surface area contributed by atoms with Crippen LogP contribution < -0.4 is 10.3 Å². The van der Waals surface area contributed by atoms with Crippen LogP contribution in [0.4, 0.5) is 5.00 Å². The van der Waals surface area contributed by atoms with Crippen molar-refractivity contribution in [2.24, 2.45) is 5.10 Å². The van der Waals surface area contributed by atoms with Crippen molar-refractivity contribution < 1.29 is 17.9 Å². The van der Waals surface area contributed by atoms with Gasteiger partial charge in [0.05, 0.1) is 29.3 Å². The van der Waals surface area contributed by atoms with Gasteiger partial charge in [-0.1, -0.05) is 19.9 Å². The van der Waals surface area contributed by atoms with Gasteiger partial charge in [-0.3, -0.25) is 4.79 Å². The molecule has 1 saturated heterocycles. The quantitative estimate of drug-likeness (QED) is 0.493. The lowest BCUT2D eigenvalue weighted by Gasteiger charge is -2.27. The first-order valence-electron chi connectivity index (χ1n) is 9.82. The van der Waals surface area contributed by atoms with E-state index in [9.17, 15) is 13.2 Å². The van der Waals surface area contributed by atoms with Crippen LogP contribution in [0.2, 0.25) is 0 Å². The molecule has 1 aliphatic heterocycles. The van der Waals surface area contributed by atoms with Crippen LogP contribution in [-0.4, -0.2) is 64.2 Å². The largest absolute Gasteiger partial charge is 0.378 e. The fourth-order valence-corrected chi connectivity index (χ4v) is 5.53. The number of carbonyl (C=O) groups is 1. The molecule has 10 heteroatoms. The molecule has 1 aromatic heterocycles. The second-order valence-electron chi connectivity index (χ2n) is 6.59. The Labute approximate surface area is 181 Å². The van der Waals surface area contributed by atoms with E-state index in [2.05, 4.69) is 15.4 Å². The minimum Gasteiger partial charge on any atom is -0.378 e. The van der Waals surface area contributed by atoms with Gasteiger partial charge >= 0.3 is 0 Å². The minimum absolute atomic E-state index is 0.0937. The molecular formula is C20H26N4O4S2. The van der Waals surface area contributed by atoms with Gasteiger partial charge < -0.3 is 9.64 Å². The highest BCUT2D eigenvalue weighted by molar-refractivity contribution is 7.89. The molecular weight excluding hydrogens is 424 g/mol. The second-order valence-corrected chi connectivity index (χ2v) is 9.62. The normalized spacial score (nSPS) is 15.1. The van der Waals surface area contributed by atoms with Crippen LogP contribution in [-0.2, 0) is 14.8 Å². The van der Waals surface area contributed by atoms with E-state index in [1.807, 2.05) is 12.1 Å². The third-order valence-corrected chi connectivity index (χ3v) is 7.86. The van der Waals surface area contributed by atoms with Crippen molar-refractivity contribution in [3.8, 4) is 0 Å². The van der Waals surface area contributed by atoms with E-state index in [4.69, 9.17) is 4.74 Å². The Morgan fingerprint density at radius 1 is 1.23 bits per heavy atom. The van der Waals surface area contributed by atoms with E-state index < -0.39 is 15.9 Å². The summed E-state index contributed by atoms with van der Waals surface area (Å²) in [6.07, 6.45) is 1.59. The molecule has 162 valence electrons. The fraction of sp³-hybridized carbons (Fsp3) is 0.400. The second kappa shape index (κ2) is 10.2. The fourth-order valence-electron chi connectivity index (χ4n) is 3.09. The molecule has 1 aromatic carbocycles. The van der Waals surface area contributed by atoms with Crippen LogP contribution in [0.5, 0.6) is 0 Å². The predicted molar refractivity (Wildman–Crippen MR) is 119 cm³/mol. The Balaban J connectivity index is 1.65. The van der Waals surface area contributed by atoms with E-state index in [-0.39, 0.29) is 10.5 Å². The van der Waals surface area contributed by atoms with E-state index in [1.165, 1.54) is 16.4 Å². The summed E-state index contributed by atoms with van der Waals surface area (Å²) in [7, 11) is -3.63. The number of rotatable bonds is 8. The Morgan fingerprint density at radius 3 is 2.67 bits per heavy atom. The number of nitrogens with zero attached hydrogens (tertiary/aromatic N) is 3. The lowest BCUT2D eigenvalue weighted by atomic mass is 10.2. The molecule has 2 heterocycles. The number of sulfonamides is 1. The van der Waals surface area contributed by atoms with Crippen LogP contribution in [0.25, 0.3) is 0 Å². The molecule has 0 unspecified atom stereocenters. The number of nitrogens with one attached hydrogen (secondary N) is 1. The van der Waals surface area contributed by atoms with Crippen LogP contribution in [0.1, 0.15) is 29.1 Å². The summed E-state index contributed by atoms with van der Waals surface area (Å²) in [5, 5.41) is 5.16. The summed E-state index contributed by atoms with van der Waals surface area (Å²) < 4.78 is 32.0. The predicted octanol–water partition coefficient (Wildman–Crippen LogP) is 2.38. The summed E-state index contributed by atoms with van der Waals surface area (Å²) in [5.74, 6) is -0.465. The number of carbonyl (C=O) groups excluding carboxylic acids is 1. The topological polar surface area (TPSA) is 91.3 Å². The van der Waals surface area contributed by atoms with Crippen LogP contribution in [0, 0.1) is 0 Å². The zero-order chi connectivity index (χ0) is 21.6. The molecule has 3 rings (SSSR count). The molecule has 1 amide bonds. The number of hydrogen-bond acceptors (Lipinski definition) is 7. The van der Waals surface area contributed by atoms with E-state index in [0.717, 1.165) is 36.2 Å². The van der Waals surface area contributed by atoms with Gasteiger partial charge in [0.1, 0.15) is 0 Å². The number of morpholine rings is 1. The van der Waals surface area contributed by atoms with E-state index >= 15 is 0 Å². The van der Waals surface area contributed by atoms with Crippen molar-refractivity contribution in [2.45, 2.75) is 18.7 Å². The lowest BCUT2D eigenvalue weighted by Crippen LogP contribution is -2.35. The minimum atomic E-state index is -3.63. The van der Waals surface area contributed by atoms with Crippen molar-refractivity contribution in [3.05, 3.63) is 46.8 Å². The first kappa shape index (κ1) is 22.4. The maximum absolute atomic E-state index is 12.7. The molecule has 1 fully saturated rings. The van der Waals surface area contributed by atoms with Gasteiger partial charge in [-0.05, 0) is 30.3 Å². The summed E-state index contributed by atoms with van der Waals surface area (Å²) in [6, 6.07) is 9.96. The highest BCUT2D eigenvalue weighted by Crippen LogP contribution is 2.25.